The van der Waals surface area contributed by atoms with E-state index >= 15 is 0 Å². The minimum absolute atomic E-state index is 0.00499. The quantitative estimate of drug-likeness (QED) is 0.814. The van der Waals surface area contributed by atoms with Gasteiger partial charge < -0.3 is 9.80 Å². The lowest BCUT2D eigenvalue weighted by atomic mass is 10.2. The molecule has 0 bridgehead atoms. The van der Waals surface area contributed by atoms with Crippen LogP contribution in [-0.2, 0) is 16.0 Å². The second-order valence-electron chi connectivity index (χ2n) is 5.78. The first-order chi connectivity index (χ1) is 10.3. The molecule has 1 amide bonds. The molecule has 0 radical (unpaired) electrons. The second kappa shape index (κ2) is 6.98. The summed E-state index contributed by atoms with van der Waals surface area (Å²) in [5.74, 6) is -0.0522. The number of likely N-dealkylation sites (N-methyl/N-ethyl adjacent to an activating group) is 2. The monoisotopic (exact) mass is 319 g/mol. The average molecular weight is 319 g/mol. The third-order valence-corrected chi connectivity index (χ3v) is 4.25. The van der Waals surface area contributed by atoms with E-state index in [9.17, 15) is 9.59 Å². The van der Waals surface area contributed by atoms with Gasteiger partial charge in [0.15, 0.2) is 5.78 Å². The zero-order chi connectivity index (χ0) is 16.3. The SMILES string of the molecule is Cc1ccc2nc(CC(=O)CN(C)C(=O)CN(C)C)sc2c1. The molecule has 0 aliphatic carbocycles. The molecule has 118 valence electrons. The van der Waals surface area contributed by atoms with E-state index in [0.29, 0.717) is 6.54 Å². The van der Waals surface area contributed by atoms with E-state index in [1.165, 1.54) is 10.5 Å². The maximum absolute atomic E-state index is 12.1. The molecule has 0 N–H and O–H groups in total. The molecule has 0 saturated heterocycles. The van der Waals surface area contributed by atoms with E-state index < -0.39 is 0 Å². The highest BCUT2D eigenvalue weighted by molar-refractivity contribution is 7.18. The van der Waals surface area contributed by atoms with E-state index in [1.807, 2.05) is 33.2 Å². The van der Waals surface area contributed by atoms with Gasteiger partial charge >= 0.3 is 0 Å². The molecule has 0 saturated carbocycles. The van der Waals surface area contributed by atoms with E-state index in [-0.39, 0.29) is 24.7 Å². The molecule has 5 nitrogen and oxygen atoms in total. The maximum atomic E-state index is 12.1. The number of aromatic nitrogens is 1. The Balaban J connectivity index is 1.97. The standard InChI is InChI=1S/C16H21N3O2S/c1-11-5-6-13-14(7-11)22-15(17-13)8-12(20)9-19(4)16(21)10-18(2)3/h5-7H,8-10H2,1-4H3. The van der Waals surface area contributed by atoms with Crippen LogP contribution in [0.5, 0.6) is 0 Å². The zero-order valence-corrected chi connectivity index (χ0v) is 14.2. The van der Waals surface area contributed by atoms with Gasteiger partial charge in [0.1, 0.15) is 5.01 Å². The fraction of sp³-hybridized carbons (Fsp3) is 0.438. The van der Waals surface area contributed by atoms with Crippen molar-refractivity contribution >= 4 is 33.2 Å². The van der Waals surface area contributed by atoms with Crippen molar-refractivity contribution in [3.63, 3.8) is 0 Å². The number of fused-ring (bicyclic) bond motifs is 1. The molecule has 1 aromatic carbocycles. The molecule has 0 atom stereocenters. The summed E-state index contributed by atoms with van der Waals surface area (Å²) in [6.45, 7) is 2.47. The van der Waals surface area contributed by atoms with Crippen LogP contribution in [0.15, 0.2) is 18.2 Å². The highest BCUT2D eigenvalue weighted by Gasteiger charge is 2.15. The van der Waals surface area contributed by atoms with Crippen LogP contribution < -0.4 is 0 Å². The normalized spacial score (nSPS) is 11.1. The molecule has 22 heavy (non-hydrogen) atoms. The summed E-state index contributed by atoms with van der Waals surface area (Å²) >= 11 is 1.54. The van der Waals surface area contributed by atoms with Crippen molar-refractivity contribution in [1.29, 1.82) is 0 Å². The molecule has 0 aliphatic rings. The van der Waals surface area contributed by atoms with Crippen LogP contribution in [0.4, 0.5) is 0 Å². The van der Waals surface area contributed by atoms with Crippen LogP contribution in [0.2, 0.25) is 0 Å². The number of carbonyl (C=O) groups excluding carboxylic acids is 2. The third kappa shape index (κ3) is 4.35. The lowest BCUT2D eigenvalue weighted by molar-refractivity contribution is -0.134. The topological polar surface area (TPSA) is 53.5 Å². The molecule has 2 aromatic rings. The summed E-state index contributed by atoms with van der Waals surface area (Å²) < 4.78 is 1.10. The Labute approximate surface area is 134 Å². The Morgan fingerprint density at radius 3 is 2.59 bits per heavy atom. The van der Waals surface area contributed by atoms with E-state index in [4.69, 9.17) is 0 Å². The fourth-order valence-electron chi connectivity index (χ4n) is 2.12. The molecule has 1 heterocycles. The Morgan fingerprint density at radius 2 is 1.91 bits per heavy atom. The Kier molecular flexibility index (Phi) is 5.26. The molecule has 0 spiro atoms. The van der Waals surface area contributed by atoms with Gasteiger partial charge in [-0.2, -0.15) is 0 Å². The summed E-state index contributed by atoms with van der Waals surface area (Å²) in [5.41, 5.74) is 2.11. The van der Waals surface area contributed by atoms with E-state index in [2.05, 4.69) is 11.1 Å². The highest BCUT2D eigenvalue weighted by atomic mass is 32.1. The summed E-state index contributed by atoms with van der Waals surface area (Å²) in [6, 6.07) is 6.07. The zero-order valence-electron chi connectivity index (χ0n) is 13.4. The minimum atomic E-state index is -0.0572. The number of carbonyl (C=O) groups is 2. The first-order valence-corrected chi connectivity index (χ1v) is 7.93. The van der Waals surface area contributed by atoms with Crippen molar-refractivity contribution in [2.45, 2.75) is 13.3 Å². The molecular weight excluding hydrogens is 298 g/mol. The summed E-state index contributed by atoms with van der Waals surface area (Å²) in [4.78, 5) is 31.7. The van der Waals surface area contributed by atoms with Crippen molar-refractivity contribution in [3.8, 4) is 0 Å². The highest BCUT2D eigenvalue weighted by Crippen LogP contribution is 2.23. The van der Waals surface area contributed by atoms with Gasteiger partial charge in [-0.05, 0) is 38.7 Å². The molecule has 0 aliphatic heterocycles. The van der Waals surface area contributed by atoms with Gasteiger partial charge in [0.05, 0.1) is 29.7 Å². The smallest absolute Gasteiger partial charge is 0.236 e. The molecule has 6 heteroatoms. The average Bonchev–Trinajstić information content (AvgIpc) is 2.78. The molecule has 2 rings (SSSR count). The van der Waals surface area contributed by atoms with Gasteiger partial charge in [-0.15, -0.1) is 11.3 Å². The van der Waals surface area contributed by atoms with Gasteiger partial charge in [-0.3, -0.25) is 9.59 Å². The van der Waals surface area contributed by atoms with Gasteiger partial charge in [0, 0.05) is 7.05 Å². The van der Waals surface area contributed by atoms with Crippen LogP contribution in [0, 0.1) is 6.92 Å². The Morgan fingerprint density at radius 1 is 1.18 bits per heavy atom. The van der Waals surface area contributed by atoms with Crippen LogP contribution in [-0.4, -0.2) is 60.7 Å². The Bertz CT molecular complexity index is 694. The number of aryl methyl sites for hydroxylation is 1. The first kappa shape index (κ1) is 16.6. The minimum Gasteiger partial charge on any atom is -0.337 e. The van der Waals surface area contributed by atoms with Crippen LogP contribution in [0.1, 0.15) is 10.6 Å². The van der Waals surface area contributed by atoms with Crippen LogP contribution in [0.3, 0.4) is 0 Å². The van der Waals surface area contributed by atoms with Crippen molar-refractivity contribution in [1.82, 2.24) is 14.8 Å². The summed E-state index contributed by atoms with van der Waals surface area (Å²) in [5, 5.41) is 0.805. The number of hydrogen-bond donors (Lipinski definition) is 0. The maximum Gasteiger partial charge on any atom is 0.236 e. The van der Waals surface area contributed by atoms with Crippen molar-refractivity contribution in [3.05, 3.63) is 28.8 Å². The van der Waals surface area contributed by atoms with Crippen LogP contribution in [0.25, 0.3) is 10.2 Å². The molecular formula is C16H21N3O2S. The van der Waals surface area contributed by atoms with Gasteiger partial charge in [0.25, 0.3) is 0 Å². The predicted octanol–water partition coefficient (Wildman–Crippen LogP) is 1.74. The number of hydrogen-bond acceptors (Lipinski definition) is 5. The molecule has 1 aromatic heterocycles. The first-order valence-electron chi connectivity index (χ1n) is 7.11. The molecule has 0 unspecified atom stereocenters. The number of thiazole rings is 1. The number of Topliss-reactive ketones (excluding diaryl/α,β-unsaturated/α-hetero) is 1. The van der Waals surface area contributed by atoms with Crippen molar-refractivity contribution in [2.24, 2.45) is 0 Å². The van der Waals surface area contributed by atoms with E-state index in [1.54, 1.807) is 23.3 Å². The van der Waals surface area contributed by atoms with Crippen molar-refractivity contribution in [2.75, 3.05) is 34.2 Å². The molecule has 0 fully saturated rings. The predicted molar refractivity (Wildman–Crippen MR) is 89.3 cm³/mol. The summed E-state index contributed by atoms with van der Waals surface area (Å²) in [7, 11) is 5.32. The van der Waals surface area contributed by atoms with Gasteiger partial charge in [-0.1, -0.05) is 6.07 Å². The number of nitrogens with zero attached hydrogens (tertiary/aromatic N) is 3. The number of rotatable bonds is 6. The van der Waals surface area contributed by atoms with Crippen molar-refractivity contribution < 1.29 is 9.59 Å². The number of amides is 1. The van der Waals surface area contributed by atoms with Crippen LogP contribution >= 0.6 is 11.3 Å². The van der Waals surface area contributed by atoms with E-state index in [0.717, 1.165) is 15.2 Å². The number of benzene rings is 1. The lowest BCUT2D eigenvalue weighted by Gasteiger charge is -2.18. The largest absolute Gasteiger partial charge is 0.337 e. The number of ketones is 1. The second-order valence-corrected chi connectivity index (χ2v) is 6.90. The van der Waals surface area contributed by atoms with Gasteiger partial charge in [-0.25, -0.2) is 4.98 Å². The Hall–Kier alpha value is -1.79. The third-order valence-electron chi connectivity index (χ3n) is 3.23. The fourth-order valence-corrected chi connectivity index (χ4v) is 3.22. The summed E-state index contributed by atoms with van der Waals surface area (Å²) in [6.07, 6.45) is 0.276. The van der Waals surface area contributed by atoms with Gasteiger partial charge in [0.2, 0.25) is 5.91 Å². The lowest BCUT2D eigenvalue weighted by Crippen LogP contribution is -2.38.